The molecule has 1 nitrogen and oxygen atoms in total. The molecule has 0 aliphatic carbocycles. The van der Waals surface area contributed by atoms with Gasteiger partial charge in [0.2, 0.25) is 0 Å². The molecule has 0 spiro atoms. The van der Waals surface area contributed by atoms with Crippen molar-refractivity contribution in [1.82, 2.24) is 0 Å². The molecule has 0 fully saturated rings. The predicted octanol–water partition coefficient (Wildman–Crippen LogP) is 1.96. The molecule has 0 atom stereocenters. The van der Waals surface area contributed by atoms with Gasteiger partial charge in [0.1, 0.15) is 6.61 Å². The second-order valence-electron chi connectivity index (χ2n) is 2.21. The zero-order valence-corrected chi connectivity index (χ0v) is 7.20. The van der Waals surface area contributed by atoms with Crippen molar-refractivity contribution in [1.29, 1.82) is 0 Å². The lowest BCUT2D eigenvalue weighted by molar-refractivity contribution is 0.350. The molecule has 1 aromatic rings. The van der Waals surface area contributed by atoms with Crippen LogP contribution in [0.5, 0.6) is 0 Å². The smallest absolute Gasteiger partial charge is 0.160 e. The summed E-state index contributed by atoms with van der Waals surface area (Å²) in [5, 5.41) is 8.39. The Labute approximate surface area is 79.0 Å². The number of hydrogen-bond acceptors (Lipinski definition) is 1. The number of rotatable bonds is 0. The third kappa shape index (κ3) is 2.41. The summed E-state index contributed by atoms with van der Waals surface area (Å²) in [6, 6.07) is 1.73. The molecule has 0 radical (unpaired) electrons. The Morgan fingerprint density at radius 2 is 1.92 bits per heavy atom. The highest BCUT2D eigenvalue weighted by Crippen LogP contribution is 2.18. The minimum absolute atomic E-state index is 0.0276. The number of aliphatic hydroxyl groups is 1. The van der Waals surface area contributed by atoms with Crippen molar-refractivity contribution in [2.45, 2.75) is 0 Å². The number of benzene rings is 1. The first-order chi connectivity index (χ1) is 6.15. The van der Waals surface area contributed by atoms with Crippen molar-refractivity contribution >= 4 is 11.6 Å². The lowest BCUT2D eigenvalue weighted by Gasteiger charge is -1.96. The lowest BCUT2D eigenvalue weighted by atomic mass is 10.2. The molecule has 0 aliphatic rings. The molecule has 0 heterocycles. The van der Waals surface area contributed by atoms with Crippen LogP contribution in [0.15, 0.2) is 12.1 Å². The molecule has 13 heavy (non-hydrogen) atoms. The first-order valence-corrected chi connectivity index (χ1v) is 3.77. The van der Waals surface area contributed by atoms with Crippen LogP contribution in [0.2, 0.25) is 5.02 Å². The van der Waals surface area contributed by atoms with Gasteiger partial charge in [0.25, 0.3) is 0 Å². The van der Waals surface area contributed by atoms with E-state index < -0.39 is 11.6 Å². The van der Waals surface area contributed by atoms with Crippen molar-refractivity contribution in [3.8, 4) is 11.8 Å². The minimum Gasteiger partial charge on any atom is -0.384 e. The van der Waals surface area contributed by atoms with Gasteiger partial charge in [-0.05, 0) is 12.1 Å². The van der Waals surface area contributed by atoms with E-state index in [0.29, 0.717) is 0 Å². The lowest BCUT2D eigenvalue weighted by Crippen LogP contribution is -1.87. The van der Waals surface area contributed by atoms with Gasteiger partial charge < -0.3 is 5.11 Å². The summed E-state index contributed by atoms with van der Waals surface area (Å²) >= 11 is 5.55. The van der Waals surface area contributed by atoms with E-state index in [9.17, 15) is 8.78 Å². The van der Waals surface area contributed by atoms with E-state index >= 15 is 0 Å². The van der Waals surface area contributed by atoms with Crippen molar-refractivity contribution < 1.29 is 13.9 Å². The molecule has 0 aromatic heterocycles. The molecule has 0 unspecified atom stereocenters. The van der Waals surface area contributed by atoms with E-state index in [2.05, 4.69) is 11.8 Å². The van der Waals surface area contributed by atoms with Gasteiger partial charge in [0.05, 0.1) is 5.02 Å². The van der Waals surface area contributed by atoms with Crippen LogP contribution in [0.25, 0.3) is 0 Å². The molecule has 0 aliphatic heterocycles. The first-order valence-electron chi connectivity index (χ1n) is 3.39. The van der Waals surface area contributed by atoms with E-state index in [1.54, 1.807) is 0 Å². The molecule has 0 bridgehead atoms. The van der Waals surface area contributed by atoms with E-state index in [1.807, 2.05) is 0 Å². The standard InChI is InChI=1S/C9H5ClF2O/c10-7-5-9(12)8(11)4-6(7)2-1-3-13/h4-5,13H,3H2. The van der Waals surface area contributed by atoms with E-state index in [0.717, 1.165) is 12.1 Å². The van der Waals surface area contributed by atoms with Gasteiger partial charge in [-0.1, -0.05) is 23.4 Å². The quantitative estimate of drug-likeness (QED) is 0.504. The van der Waals surface area contributed by atoms with E-state index in [4.69, 9.17) is 16.7 Å². The highest BCUT2D eigenvalue weighted by atomic mass is 35.5. The number of hydrogen-bond donors (Lipinski definition) is 1. The average molecular weight is 203 g/mol. The van der Waals surface area contributed by atoms with Crippen molar-refractivity contribution in [2.24, 2.45) is 0 Å². The Morgan fingerprint density at radius 1 is 1.31 bits per heavy atom. The summed E-state index contributed by atoms with van der Waals surface area (Å²) in [6.45, 7) is -0.352. The fourth-order valence-electron chi connectivity index (χ4n) is 0.753. The summed E-state index contributed by atoms with van der Waals surface area (Å²) in [6.07, 6.45) is 0. The van der Waals surface area contributed by atoms with Gasteiger partial charge in [-0.2, -0.15) is 0 Å². The molecule has 1 aromatic carbocycles. The second kappa shape index (κ2) is 4.22. The molecule has 0 amide bonds. The Hall–Kier alpha value is -1.11. The highest BCUT2D eigenvalue weighted by molar-refractivity contribution is 6.31. The number of aliphatic hydroxyl groups excluding tert-OH is 1. The monoisotopic (exact) mass is 202 g/mol. The summed E-state index contributed by atoms with van der Waals surface area (Å²) in [7, 11) is 0. The van der Waals surface area contributed by atoms with Crippen LogP contribution in [0, 0.1) is 23.5 Å². The fraction of sp³-hybridized carbons (Fsp3) is 0.111. The maximum absolute atomic E-state index is 12.6. The third-order valence-electron chi connectivity index (χ3n) is 1.31. The Morgan fingerprint density at radius 3 is 2.54 bits per heavy atom. The maximum Gasteiger partial charge on any atom is 0.160 e. The molecule has 1 N–H and O–H groups in total. The summed E-state index contributed by atoms with van der Waals surface area (Å²) in [4.78, 5) is 0. The Kier molecular flexibility index (Phi) is 3.24. The summed E-state index contributed by atoms with van der Waals surface area (Å²) in [5.74, 6) is 2.65. The van der Waals surface area contributed by atoms with E-state index in [-0.39, 0.29) is 17.2 Å². The largest absolute Gasteiger partial charge is 0.384 e. The first kappa shape index (κ1) is 9.97. The topological polar surface area (TPSA) is 20.2 Å². The van der Waals surface area contributed by atoms with Crippen molar-refractivity contribution in [3.63, 3.8) is 0 Å². The van der Waals surface area contributed by atoms with Gasteiger partial charge in [0.15, 0.2) is 11.6 Å². The van der Waals surface area contributed by atoms with Gasteiger partial charge in [-0.25, -0.2) is 8.78 Å². The summed E-state index contributed by atoms with van der Waals surface area (Å²) < 4.78 is 25.1. The van der Waals surface area contributed by atoms with Gasteiger partial charge in [-0.3, -0.25) is 0 Å². The minimum atomic E-state index is -1.01. The van der Waals surface area contributed by atoms with Crippen molar-refractivity contribution in [2.75, 3.05) is 6.61 Å². The van der Waals surface area contributed by atoms with Crippen LogP contribution >= 0.6 is 11.6 Å². The SMILES string of the molecule is OCC#Cc1cc(F)c(F)cc1Cl. The normalized spacial score (nSPS) is 9.23. The van der Waals surface area contributed by atoms with Gasteiger partial charge in [-0.15, -0.1) is 0 Å². The number of halogens is 3. The van der Waals surface area contributed by atoms with Crippen LogP contribution in [-0.2, 0) is 0 Å². The van der Waals surface area contributed by atoms with Crippen LogP contribution in [0.4, 0.5) is 8.78 Å². The Balaban J connectivity index is 3.16. The van der Waals surface area contributed by atoms with Crippen LogP contribution in [0.3, 0.4) is 0 Å². The molecule has 1 rings (SSSR count). The Bertz CT molecular complexity index is 379. The fourth-order valence-corrected chi connectivity index (χ4v) is 0.951. The van der Waals surface area contributed by atoms with E-state index in [1.165, 1.54) is 0 Å². The van der Waals surface area contributed by atoms with Crippen LogP contribution < -0.4 is 0 Å². The van der Waals surface area contributed by atoms with Crippen molar-refractivity contribution in [3.05, 3.63) is 34.4 Å². The molecule has 0 saturated heterocycles. The van der Waals surface area contributed by atoms with Gasteiger partial charge in [0, 0.05) is 5.56 Å². The average Bonchev–Trinajstić information content (AvgIpc) is 2.09. The summed E-state index contributed by atoms with van der Waals surface area (Å²) in [5.41, 5.74) is 0.162. The highest BCUT2D eigenvalue weighted by Gasteiger charge is 2.05. The zero-order chi connectivity index (χ0) is 9.84. The molecular formula is C9H5ClF2O. The van der Waals surface area contributed by atoms with Crippen LogP contribution in [-0.4, -0.2) is 11.7 Å². The van der Waals surface area contributed by atoms with Gasteiger partial charge >= 0.3 is 0 Å². The van der Waals surface area contributed by atoms with Crippen LogP contribution in [0.1, 0.15) is 5.56 Å². The molecule has 68 valence electrons. The molecular weight excluding hydrogens is 198 g/mol. The predicted molar refractivity (Wildman–Crippen MR) is 45.3 cm³/mol. The second-order valence-corrected chi connectivity index (χ2v) is 2.61. The zero-order valence-electron chi connectivity index (χ0n) is 6.44. The maximum atomic E-state index is 12.6. The molecule has 4 heteroatoms. The third-order valence-corrected chi connectivity index (χ3v) is 1.62. The molecule has 0 saturated carbocycles.